The number of amides is 1. The molecule has 0 unspecified atom stereocenters. The first-order valence-electron chi connectivity index (χ1n) is 19.3. The Morgan fingerprint density at radius 3 is 2.13 bits per heavy atom. The Morgan fingerprint density at radius 1 is 0.846 bits per heavy atom. The number of esters is 4. The number of carbonyl (C=O) groups is 5. The van der Waals surface area contributed by atoms with E-state index in [-0.39, 0.29) is 35.4 Å². The number of aliphatic hydroxyl groups is 1. The van der Waals surface area contributed by atoms with Crippen molar-refractivity contribution in [2.45, 2.75) is 156 Å². The molecule has 1 saturated heterocycles. The maximum atomic E-state index is 12.5. The third-order valence-electron chi connectivity index (χ3n) is 13.8. The van der Waals surface area contributed by atoms with Crippen LogP contribution in [0.15, 0.2) is 0 Å². The number of hydrogen-bond donors (Lipinski definition) is 2. The molecule has 4 saturated carbocycles. The van der Waals surface area contributed by atoms with Gasteiger partial charge < -0.3 is 38.8 Å². The number of aliphatic hydroxyl groups excluding tert-OH is 1. The summed E-state index contributed by atoms with van der Waals surface area (Å²) in [5, 5.41) is 14.7. The molecule has 0 aromatic heterocycles. The number of carbonyl (C=O) groups excluding carboxylic acids is 5. The number of methoxy groups -OCH3 is 1. The monoisotopic (exact) mass is 735 g/mol. The molecule has 15 atom stereocenters. The van der Waals surface area contributed by atoms with E-state index in [9.17, 15) is 29.1 Å². The van der Waals surface area contributed by atoms with Crippen molar-refractivity contribution in [3.63, 3.8) is 0 Å². The Bertz CT molecular complexity index is 1340. The molecule has 0 aromatic carbocycles. The minimum absolute atomic E-state index is 0.00857. The van der Waals surface area contributed by atoms with Crippen LogP contribution < -0.4 is 5.32 Å². The van der Waals surface area contributed by atoms with Crippen molar-refractivity contribution in [2.75, 3.05) is 13.7 Å². The van der Waals surface area contributed by atoms with E-state index in [2.05, 4.69) is 26.1 Å². The zero-order valence-electron chi connectivity index (χ0n) is 32.2. The van der Waals surface area contributed by atoms with E-state index >= 15 is 0 Å². The van der Waals surface area contributed by atoms with E-state index in [4.69, 9.17) is 28.4 Å². The maximum absolute atomic E-state index is 12.5. The zero-order chi connectivity index (χ0) is 38.1. The third-order valence-corrected chi connectivity index (χ3v) is 13.8. The van der Waals surface area contributed by atoms with Crippen LogP contribution in [0, 0.1) is 46.3 Å². The molecular weight excluding hydrogens is 674 g/mol. The quantitative estimate of drug-likeness (QED) is 0.176. The van der Waals surface area contributed by atoms with Gasteiger partial charge in [0.05, 0.1) is 19.3 Å². The van der Waals surface area contributed by atoms with Crippen molar-refractivity contribution in [2.24, 2.45) is 46.3 Å². The summed E-state index contributed by atoms with van der Waals surface area (Å²) in [5.74, 6) is -0.0756. The van der Waals surface area contributed by atoms with Gasteiger partial charge in [-0.1, -0.05) is 20.8 Å². The van der Waals surface area contributed by atoms with Crippen LogP contribution in [-0.2, 0) is 52.4 Å². The highest BCUT2D eigenvalue weighted by atomic mass is 16.7. The van der Waals surface area contributed by atoms with Crippen molar-refractivity contribution in [3.05, 3.63) is 0 Å². The van der Waals surface area contributed by atoms with Gasteiger partial charge in [0, 0.05) is 34.1 Å². The molecule has 2 N–H and O–H groups in total. The fourth-order valence-corrected chi connectivity index (χ4v) is 11.6. The SMILES string of the molecule is COC(=O)CC[C@@H](C)[C@H]1CC[C@H]2[C@@H]3C[C@H](O)[C@@H]4C[C@H](O[C@@H]5O[C@H](COC(C)=O)[C@@H](OC(C)=O)[C@H](OC(C)=O)[C@H]5NC(C)=O)CC[C@]4(C)[C@H]3CC[C@]12C. The van der Waals surface area contributed by atoms with Crippen LogP contribution in [0.25, 0.3) is 0 Å². The van der Waals surface area contributed by atoms with Gasteiger partial charge in [-0.25, -0.2) is 0 Å². The van der Waals surface area contributed by atoms with Gasteiger partial charge in [-0.3, -0.25) is 24.0 Å². The Hall–Kier alpha value is -2.77. The van der Waals surface area contributed by atoms with Crippen LogP contribution in [0.4, 0.5) is 0 Å². The lowest BCUT2D eigenvalue weighted by Gasteiger charge is -2.62. The lowest BCUT2D eigenvalue weighted by molar-refractivity contribution is -0.295. The van der Waals surface area contributed by atoms with Crippen LogP contribution in [0.1, 0.15) is 113 Å². The summed E-state index contributed by atoms with van der Waals surface area (Å²) >= 11 is 0. The van der Waals surface area contributed by atoms with E-state index in [1.54, 1.807) is 0 Å². The Kier molecular flexibility index (Phi) is 12.7. The first-order chi connectivity index (χ1) is 24.5. The first-order valence-corrected chi connectivity index (χ1v) is 19.3. The van der Waals surface area contributed by atoms with Crippen LogP contribution in [0.3, 0.4) is 0 Å². The molecule has 4 aliphatic carbocycles. The van der Waals surface area contributed by atoms with Gasteiger partial charge >= 0.3 is 23.9 Å². The van der Waals surface area contributed by atoms with E-state index in [1.807, 2.05) is 0 Å². The molecule has 0 aromatic rings. The van der Waals surface area contributed by atoms with Gasteiger partial charge in [0.15, 0.2) is 18.5 Å². The summed E-state index contributed by atoms with van der Waals surface area (Å²) in [6.45, 7) is 11.8. The maximum Gasteiger partial charge on any atom is 0.305 e. The van der Waals surface area contributed by atoms with Crippen LogP contribution >= 0.6 is 0 Å². The largest absolute Gasteiger partial charge is 0.469 e. The van der Waals surface area contributed by atoms with Gasteiger partial charge in [-0.05, 0) is 104 Å². The topological polar surface area (TPSA) is 173 Å². The molecule has 13 heteroatoms. The molecular formula is C39H61NO12. The molecule has 1 heterocycles. The van der Waals surface area contributed by atoms with E-state index in [0.717, 1.165) is 44.9 Å². The average Bonchev–Trinajstić information content (AvgIpc) is 3.42. The van der Waals surface area contributed by atoms with Crippen molar-refractivity contribution < 1.29 is 57.5 Å². The highest BCUT2D eigenvalue weighted by molar-refractivity contribution is 5.73. The molecule has 294 valence electrons. The summed E-state index contributed by atoms with van der Waals surface area (Å²) in [4.78, 5) is 60.6. The van der Waals surface area contributed by atoms with Gasteiger partial charge in [-0.15, -0.1) is 0 Å². The summed E-state index contributed by atoms with van der Waals surface area (Å²) in [6.07, 6.45) is 3.33. The third kappa shape index (κ3) is 8.31. The molecule has 5 aliphatic rings. The lowest BCUT2D eigenvalue weighted by Crippen LogP contribution is -2.67. The Labute approximate surface area is 307 Å². The summed E-state index contributed by atoms with van der Waals surface area (Å²) < 4.78 is 34.3. The second kappa shape index (κ2) is 16.3. The smallest absolute Gasteiger partial charge is 0.305 e. The highest BCUT2D eigenvalue weighted by Crippen LogP contribution is 2.68. The number of hydrogen-bond acceptors (Lipinski definition) is 12. The van der Waals surface area contributed by atoms with E-state index < -0.39 is 60.6 Å². The summed E-state index contributed by atoms with van der Waals surface area (Å²) in [5.41, 5.74) is 0.100. The number of rotatable bonds is 11. The summed E-state index contributed by atoms with van der Waals surface area (Å²) in [7, 11) is 1.45. The van der Waals surface area contributed by atoms with Crippen LogP contribution in [0.2, 0.25) is 0 Å². The molecule has 13 nitrogen and oxygen atoms in total. The minimum Gasteiger partial charge on any atom is -0.469 e. The standard InChI is InChI=1S/C39H61NO12/c1-20(9-12-33(46)47-8)27-10-11-28-26-18-31(45)30-17-25(13-15-39(30,7)29(26)14-16-38(27,28)6)51-37-34(40-21(2)41)36(50-24(5)44)35(49-23(4)43)32(52-37)19-48-22(3)42/h20,25-32,34-37,45H,9-19H2,1-8H3,(H,40,41)/t20-,25-,26+,27-,28+,29+,30+,31+,32-,34-,35-,36-,37-,38-,39-/m1/s1. The van der Waals surface area contributed by atoms with Crippen molar-refractivity contribution in [1.82, 2.24) is 5.32 Å². The minimum atomic E-state index is -1.19. The van der Waals surface area contributed by atoms with Crippen LogP contribution in [-0.4, -0.2) is 91.5 Å². The molecule has 52 heavy (non-hydrogen) atoms. The Morgan fingerprint density at radius 2 is 1.50 bits per heavy atom. The van der Waals surface area contributed by atoms with Crippen molar-refractivity contribution in [1.29, 1.82) is 0 Å². The van der Waals surface area contributed by atoms with E-state index in [0.29, 0.717) is 48.9 Å². The second-order valence-corrected chi connectivity index (χ2v) is 16.9. The van der Waals surface area contributed by atoms with Gasteiger partial charge in [0.1, 0.15) is 18.8 Å². The normalized spacial score (nSPS) is 41.6. The fraction of sp³-hybridized carbons (Fsp3) is 0.872. The lowest BCUT2D eigenvalue weighted by atomic mass is 9.43. The van der Waals surface area contributed by atoms with Crippen molar-refractivity contribution >= 4 is 29.8 Å². The predicted octanol–water partition coefficient (Wildman–Crippen LogP) is 4.25. The van der Waals surface area contributed by atoms with Gasteiger partial charge in [-0.2, -0.15) is 0 Å². The molecule has 5 fully saturated rings. The first kappa shape index (κ1) is 40.4. The number of ether oxygens (including phenoxy) is 6. The Balaban J connectivity index is 1.33. The highest BCUT2D eigenvalue weighted by Gasteiger charge is 2.63. The summed E-state index contributed by atoms with van der Waals surface area (Å²) in [6, 6.07) is -1.03. The molecule has 0 radical (unpaired) electrons. The average molecular weight is 736 g/mol. The number of fused-ring (bicyclic) bond motifs is 5. The number of nitrogens with one attached hydrogen (secondary N) is 1. The van der Waals surface area contributed by atoms with Crippen LogP contribution in [0.5, 0.6) is 0 Å². The molecule has 0 spiro atoms. The molecule has 5 rings (SSSR count). The molecule has 1 aliphatic heterocycles. The van der Waals surface area contributed by atoms with Gasteiger partial charge in [0.25, 0.3) is 0 Å². The molecule has 1 amide bonds. The fourth-order valence-electron chi connectivity index (χ4n) is 11.6. The van der Waals surface area contributed by atoms with E-state index in [1.165, 1.54) is 34.8 Å². The van der Waals surface area contributed by atoms with Gasteiger partial charge in [0.2, 0.25) is 5.91 Å². The zero-order valence-corrected chi connectivity index (χ0v) is 32.2. The molecule has 0 bridgehead atoms. The second-order valence-electron chi connectivity index (χ2n) is 16.9. The predicted molar refractivity (Wildman–Crippen MR) is 186 cm³/mol. The van der Waals surface area contributed by atoms with Crippen molar-refractivity contribution in [3.8, 4) is 0 Å².